The molecular weight excluding hydrogens is 398 g/mol. The van der Waals surface area contributed by atoms with Gasteiger partial charge in [-0.1, -0.05) is 50.7 Å². The molecule has 21 heavy (non-hydrogen) atoms. The zero-order valence-electron chi connectivity index (χ0n) is 10.9. The molecule has 0 spiro atoms. The van der Waals surface area contributed by atoms with Crippen LogP contribution in [0.2, 0.25) is 15.1 Å². The summed E-state index contributed by atoms with van der Waals surface area (Å²) < 4.78 is 6.38. The van der Waals surface area contributed by atoms with Crippen LogP contribution in [0.4, 0.5) is 0 Å². The Labute approximate surface area is 146 Å². The quantitative estimate of drug-likeness (QED) is 0.582. The molecule has 0 saturated heterocycles. The minimum Gasteiger partial charge on any atom is -0.484 e. The Morgan fingerprint density at radius 2 is 1.86 bits per heavy atom. The third kappa shape index (κ3) is 4.13. The maximum Gasteiger partial charge on any atom is 0.201 e. The highest BCUT2D eigenvalue weighted by Gasteiger charge is 2.14. The van der Waals surface area contributed by atoms with Crippen molar-refractivity contribution >= 4 is 56.5 Å². The fourth-order valence-electron chi connectivity index (χ4n) is 1.80. The summed E-state index contributed by atoms with van der Waals surface area (Å²) in [5, 5.41) is 1.22. The summed E-state index contributed by atoms with van der Waals surface area (Å²) >= 11 is 21.3. The first-order chi connectivity index (χ1) is 9.88. The molecule has 0 amide bonds. The smallest absolute Gasteiger partial charge is 0.201 e. The number of halogens is 4. The number of hydrogen-bond donors (Lipinski definition) is 0. The normalized spacial score (nSPS) is 10.5. The molecule has 0 aliphatic rings. The van der Waals surface area contributed by atoms with Gasteiger partial charge in [0.2, 0.25) is 5.78 Å². The van der Waals surface area contributed by atoms with Crippen LogP contribution in [0.25, 0.3) is 0 Å². The van der Waals surface area contributed by atoms with Gasteiger partial charge in [0.05, 0.1) is 10.0 Å². The van der Waals surface area contributed by atoms with E-state index in [2.05, 4.69) is 15.9 Å². The van der Waals surface area contributed by atoms with Crippen molar-refractivity contribution in [1.29, 1.82) is 0 Å². The monoisotopic (exact) mass is 406 g/mol. The van der Waals surface area contributed by atoms with Crippen LogP contribution in [0.15, 0.2) is 34.8 Å². The van der Waals surface area contributed by atoms with E-state index in [1.165, 1.54) is 6.07 Å². The van der Waals surface area contributed by atoms with E-state index in [1.807, 2.05) is 13.0 Å². The molecule has 6 heteroatoms. The molecule has 2 aromatic rings. The van der Waals surface area contributed by atoms with E-state index in [0.717, 1.165) is 10.0 Å². The molecular formula is C15H10BrCl3O2. The Hall–Kier alpha value is -0.740. The lowest BCUT2D eigenvalue weighted by atomic mass is 10.1. The van der Waals surface area contributed by atoms with Crippen LogP contribution in [0.5, 0.6) is 5.75 Å². The largest absolute Gasteiger partial charge is 0.484 e. The number of benzene rings is 2. The molecule has 0 aromatic heterocycles. The van der Waals surface area contributed by atoms with E-state index in [4.69, 9.17) is 39.5 Å². The van der Waals surface area contributed by atoms with Gasteiger partial charge in [-0.3, -0.25) is 4.79 Å². The number of carbonyl (C=O) groups excluding carboxylic acids is 1. The van der Waals surface area contributed by atoms with Gasteiger partial charge >= 0.3 is 0 Å². The predicted octanol–water partition coefficient (Wildman–Crippen LogP) is 5.98. The van der Waals surface area contributed by atoms with Crippen LogP contribution in [0.3, 0.4) is 0 Å². The number of rotatable bonds is 4. The summed E-state index contributed by atoms with van der Waals surface area (Å²) in [6, 6.07) is 8.29. The molecule has 110 valence electrons. The van der Waals surface area contributed by atoms with Gasteiger partial charge < -0.3 is 4.74 Å². The maximum absolute atomic E-state index is 12.2. The second-order valence-electron chi connectivity index (χ2n) is 4.37. The Bertz CT molecular complexity index is 678. The van der Waals surface area contributed by atoms with E-state index in [0.29, 0.717) is 26.4 Å². The molecule has 0 radical (unpaired) electrons. The van der Waals surface area contributed by atoms with Gasteiger partial charge in [0.15, 0.2) is 6.61 Å². The van der Waals surface area contributed by atoms with Gasteiger partial charge in [0.25, 0.3) is 0 Å². The molecule has 2 nitrogen and oxygen atoms in total. The van der Waals surface area contributed by atoms with Gasteiger partial charge in [0.1, 0.15) is 5.75 Å². The first kappa shape index (κ1) is 16.6. The molecule has 2 rings (SSSR count). The maximum atomic E-state index is 12.2. The third-order valence-electron chi connectivity index (χ3n) is 2.77. The van der Waals surface area contributed by atoms with Crippen molar-refractivity contribution in [2.45, 2.75) is 6.92 Å². The standard InChI is InChI=1S/C15H10BrCl3O2/c1-8-4-9(16)5-13(19)15(8)21-7-14(20)11-6-10(17)2-3-12(11)18/h2-6H,7H2,1H3. The van der Waals surface area contributed by atoms with E-state index >= 15 is 0 Å². The lowest BCUT2D eigenvalue weighted by Crippen LogP contribution is -2.13. The molecule has 0 unspecified atom stereocenters. The molecule has 0 fully saturated rings. The topological polar surface area (TPSA) is 26.3 Å². The van der Waals surface area contributed by atoms with E-state index in [1.54, 1.807) is 18.2 Å². The average molecular weight is 409 g/mol. The first-order valence-corrected chi connectivity index (χ1v) is 7.88. The summed E-state index contributed by atoms with van der Waals surface area (Å²) in [5.74, 6) is 0.215. The summed E-state index contributed by atoms with van der Waals surface area (Å²) in [6.07, 6.45) is 0. The van der Waals surface area contributed by atoms with Gasteiger partial charge in [-0.05, 0) is 42.8 Å². The van der Waals surface area contributed by atoms with Crippen molar-refractivity contribution in [1.82, 2.24) is 0 Å². The Balaban J connectivity index is 2.17. The number of aryl methyl sites for hydroxylation is 1. The second kappa shape index (κ2) is 7.01. The predicted molar refractivity (Wildman–Crippen MR) is 90.2 cm³/mol. The van der Waals surface area contributed by atoms with Crippen molar-refractivity contribution in [3.8, 4) is 5.75 Å². The number of Topliss-reactive ketones (excluding diaryl/α,β-unsaturated/α-hetero) is 1. The zero-order chi connectivity index (χ0) is 15.6. The zero-order valence-corrected chi connectivity index (χ0v) is 14.8. The summed E-state index contributed by atoms with van der Waals surface area (Å²) in [6.45, 7) is 1.69. The molecule has 0 aliphatic heterocycles. The third-order valence-corrected chi connectivity index (χ3v) is 4.07. The molecule has 0 heterocycles. The average Bonchev–Trinajstić information content (AvgIpc) is 2.40. The fourth-order valence-corrected chi connectivity index (χ4v) is 3.22. The second-order valence-corrected chi connectivity index (χ2v) is 6.54. The van der Waals surface area contributed by atoms with Gasteiger partial charge in [-0.15, -0.1) is 0 Å². The van der Waals surface area contributed by atoms with Crippen molar-refractivity contribution in [3.05, 3.63) is 61.0 Å². The lowest BCUT2D eigenvalue weighted by molar-refractivity contribution is 0.0921. The molecule has 0 N–H and O–H groups in total. The Kier molecular flexibility index (Phi) is 5.55. The molecule has 0 saturated carbocycles. The molecule has 0 aliphatic carbocycles. The van der Waals surface area contributed by atoms with Crippen molar-refractivity contribution in [2.24, 2.45) is 0 Å². The summed E-state index contributed by atoms with van der Waals surface area (Å²) in [5.41, 5.74) is 1.16. The van der Waals surface area contributed by atoms with Crippen LogP contribution in [0.1, 0.15) is 15.9 Å². The highest BCUT2D eigenvalue weighted by molar-refractivity contribution is 9.10. The summed E-state index contributed by atoms with van der Waals surface area (Å²) in [7, 11) is 0. The van der Waals surface area contributed by atoms with Crippen molar-refractivity contribution < 1.29 is 9.53 Å². The fraction of sp³-hybridized carbons (Fsp3) is 0.133. The molecule has 2 aromatic carbocycles. The summed E-state index contributed by atoms with van der Waals surface area (Å²) in [4.78, 5) is 12.2. The van der Waals surface area contributed by atoms with E-state index < -0.39 is 0 Å². The highest BCUT2D eigenvalue weighted by atomic mass is 79.9. The number of ether oxygens (including phenoxy) is 1. The first-order valence-electron chi connectivity index (χ1n) is 5.95. The van der Waals surface area contributed by atoms with Gasteiger partial charge in [-0.2, -0.15) is 0 Å². The highest BCUT2D eigenvalue weighted by Crippen LogP contribution is 2.32. The molecule has 0 bridgehead atoms. The van der Waals surface area contributed by atoms with Crippen LogP contribution in [0, 0.1) is 6.92 Å². The lowest BCUT2D eigenvalue weighted by Gasteiger charge is -2.11. The van der Waals surface area contributed by atoms with E-state index in [-0.39, 0.29) is 12.4 Å². The van der Waals surface area contributed by atoms with Crippen LogP contribution < -0.4 is 4.74 Å². The Morgan fingerprint density at radius 1 is 1.14 bits per heavy atom. The minimum absolute atomic E-state index is 0.164. The van der Waals surface area contributed by atoms with E-state index in [9.17, 15) is 4.79 Å². The molecule has 0 atom stereocenters. The SMILES string of the molecule is Cc1cc(Br)cc(Cl)c1OCC(=O)c1cc(Cl)ccc1Cl. The van der Waals surface area contributed by atoms with Gasteiger partial charge in [0, 0.05) is 15.1 Å². The number of hydrogen-bond acceptors (Lipinski definition) is 2. The van der Waals surface area contributed by atoms with Crippen LogP contribution in [-0.2, 0) is 0 Å². The minimum atomic E-state index is -0.263. The number of carbonyl (C=O) groups is 1. The Morgan fingerprint density at radius 3 is 2.52 bits per heavy atom. The van der Waals surface area contributed by atoms with Crippen molar-refractivity contribution in [2.75, 3.05) is 6.61 Å². The van der Waals surface area contributed by atoms with Crippen LogP contribution in [-0.4, -0.2) is 12.4 Å². The van der Waals surface area contributed by atoms with Crippen molar-refractivity contribution in [3.63, 3.8) is 0 Å². The van der Waals surface area contributed by atoms with Crippen LogP contribution >= 0.6 is 50.7 Å². The number of ketones is 1. The van der Waals surface area contributed by atoms with Gasteiger partial charge in [-0.25, -0.2) is 0 Å².